The highest BCUT2D eigenvalue weighted by Gasteiger charge is 2.46. The minimum absolute atomic E-state index is 1.80. The summed E-state index contributed by atoms with van der Waals surface area (Å²) in [4.78, 5) is 0. The number of rotatable bonds is 1. The Bertz CT molecular complexity index is 257. The van der Waals surface area contributed by atoms with Crippen molar-refractivity contribution in [2.75, 3.05) is 0 Å². The van der Waals surface area contributed by atoms with Crippen LogP contribution in [0.2, 0.25) is 39.3 Å². The van der Waals surface area contributed by atoms with Crippen molar-refractivity contribution >= 4 is 35.0 Å². The van der Waals surface area contributed by atoms with Gasteiger partial charge in [0.25, 0.3) is 0 Å². The third-order valence-electron chi connectivity index (χ3n) is 1.98. The monoisotopic (exact) mass is 294 g/mol. The molecule has 94 valence electrons. The molecule has 1 heterocycles. The fourth-order valence-electron chi connectivity index (χ4n) is 1.93. The third-order valence-corrected chi connectivity index (χ3v) is 16.6. The molecule has 0 aromatic rings. The Morgan fingerprint density at radius 3 is 1.50 bits per heavy atom. The van der Waals surface area contributed by atoms with Crippen molar-refractivity contribution in [1.29, 1.82) is 0 Å². The second kappa shape index (κ2) is 4.61. The van der Waals surface area contributed by atoms with Crippen LogP contribution in [0, 0.1) is 0 Å². The molecule has 0 aliphatic carbocycles. The van der Waals surface area contributed by atoms with E-state index >= 15 is 0 Å². The average molecular weight is 295 g/mol. The molecule has 0 saturated carbocycles. The molecule has 0 atom stereocenters. The zero-order valence-electron chi connectivity index (χ0n) is 11.0. The topological polar surface area (TPSA) is 36.9 Å². The lowest BCUT2D eigenvalue weighted by Crippen LogP contribution is -2.60. The Morgan fingerprint density at radius 2 is 1.19 bits per heavy atom. The lowest BCUT2D eigenvalue weighted by atomic mass is 11.3. The molecule has 0 aromatic carbocycles. The number of hydrogen-bond donors (Lipinski definition) is 0. The normalized spacial score (nSPS) is 29.1. The minimum atomic E-state index is -2.13. The molecular weight excluding hydrogens is 272 g/mol. The molecule has 16 heavy (non-hydrogen) atoms. The fraction of sp³-hybridized carbons (Fsp3) is 0.750. The van der Waals surface area contributed by atoms with Gasteiger partial charge in [0.05, 0.1) is 0 Å². The Hall–Kier alpha value is 0.448. The molecule has 1 rings (SSSR count). The van der Waals surface area contributed by atoms with Crippen molar-refractivity contribution in [3.05, 3.63) is 12.3 Å². The van der Waals surface area contributed by atoms with Crippen LogP contribution in [0.3, 0.4) is 0 Å². The molecule has 1 aliphatic heterocycles. The van der Waals surface area contributed by atoms with Gasteiger partial charge < -0.3 is 16.5 Å². The molecule has 0 amide bonds. The molecule has 0 unspecified atom stereocenters. The lowest BCUT2D eigenvalue weighted by molar-refractivity contribution is 0.254. The largest absolute Gasteiger partial charge is 0.416 e. The summed E-state index contributed by atoms with van der Waals surface area (Å²) in [5, 5.41) is 0. The molecule has 4 nitrogen and oxygen atoms in total. The third kappa shape index (κ3) is 4.37. The first-order valence-electron chi connectivity index (χ1n) is 5.44. The summed E-state index contributed by atoms with van der Waals surface area (Å²) >= 11 is 0. The van der Waals surface area contributed by atoms with E-state index in [-0.39, 0.29) is 0 Å². The standard InChI is InChI=1S/C8H22O4Si4/c1-8-13-9-14(2,3)11-16(6,7)12-15(4,5)10-13/h8,13H,1H2,2-7H3. The molecule has 0 spiro atoms. The van der Waals surface area contributed by atoms with E-state index in [1.165, 1.54) is 0 Å². The van der Waals surface area contributed by atoms with Gasteiger partial charge in [-0.25, -0.2) is 0 Å². The van der Waals surface area contributed by atoms with Crippen LogP contribution in [-0.2, 0) is 16.5 Å². The van der Waals surface area contributed by atoms with Crippen molar-refractivity contribution < 1.29 is 16.5 Å². The van der Waals surface area contributed by atoms with Gasteiger partial charge in [0.1, 0.15) is 0 Å². The highest BCUT2D eigenvalue weighted by Crippen LogP contribution is 2.26. The molecule has 0 aromatic heterocycles. The first-order chi connectivity index (χ1) is 7.05. The summed E-state index contributed by atoms with van der Waals surface area (Å²) < 4.78 is 24.2. The van der Waals surface area contributed by atoms with Crippen molar-refractivity contribution in [3.63, 3.8) is 0 Å². The van der Waals surface area contributed by atoms with Crippen LogP contribution in [0.5, 0.6) is 0 Å². The van der Waals surface area contributed by atoms with Crippen LogP contribution in [-0.4, -0.2) is 35.0 Å². The summed E-state index contributed by atoms with van der Waals surface area (Å²) in [7, 11) is -8.21. The van der Waals surface area contributed by atoms with E-state index in [2.05, 4.69) is 19.7 Å². The van der Waals surface area contributed by atoms with Crippen molar-refractivity contribution in [2.24, 2.45) is 0 Å². The molecule has 1 aliphatic rings. The number of hydrogen-bond acceptors (Lipinski definition) is 4. The Kier molecular flexibility index (Phi) is 4.18. The van der Waals surface area contributed by atoms with Crippen LogP contribution >= 0.6 is 0 Å². The highest BCUT2D eigenvalue weighted by molar-refractivity contribution is 6.90. The maximum absolute atomic E-state index is 6.11. The SMILES string of the molecule is C=C[SiH]1O[Si](C)(C)O[Si](C)(C)O[Si](C)(C)O1. The highest BCUT2D eigenvalue weighted by atomic mass is 28.5. The van der Waals surface area contributed by atoms with E-state index in [0.29, 0.717) is 0 Å². The molecule has 1 saturated heterocycles. The fourth-order valence-corrected chi connectivity index (χ4v) is 19.1. The van der Waals surface area contributed by atoms with Crippen LogP contribution in [0.1, 0.15) is 0 Å². The summed E-state index contributed by atoms with van der Waals surface area (Å²) in [6.07, 6.45) is 0. The first kappa shape index (κ1) is 14.5. The average Bonchev–Trinajstić information content (AvgIpc) is 1.94. The van der Waals surface area contributed by atoms with E-state index in [1.54, 1.807) is 5.70 Å². The molecular formula is C8H22O4Si4. The lowest BCUT2D eigenvalue weighted by Gasteiger charge is -2.43. The van der Waals surface area contributed by atoms with Gasteiger partial charge in [-0.1, -0.05) is 5.70 Å². The molecule has 8 heteroatoms. The van der Waals surface area contributed by atoms with Crippen molar-refractivity contribution in [1.82, 2.24) is 0 Å². The maximum Gasteiger partial charge on any atom is 0.330 e. The summed E-state index contributed by atoms with van der Waals surface area (Å²) in [5.74, 6) is 0. The zero-order chi connectivity index (χ0) is 12.6. The molecule has 1 fully saturated rings. The van der Waals surface area contributed by atoms with Gasteiger partial charge in [-0.15, -0.1) is 6.58 Å². The maximum atomic E-state index is 6.11. The summed E-state index contributed by atoms with van der Waals surface area (Å²) in [6, 6.07) is 0. The van der Waals surface area contributed by atoms with E-state index in [1.807, 2.05) is 26.2 Å². The predicted octanol–water partition coefficient (Wildman–Crippen LogP) is 2.12. The van der Waals surface area contributed by atoms with E-state index in [0.717, 1.165) is 0 Å². The first-order valence-corrected chi connectivity index (χ1v) is 15.5. The van der Waals surface area contributed by atoms with E-state index in [4.69, 9.17) is 16.5 Å². The van der Waals surface area contributed by atoms with Crippen LogP contribution < -0.4 is 0 Å². The van der Waals surface area contributed by atoms with E-state index < -0.39 is 35.0 Å². The van der Waals surface area contributed by atoms with Crippen molar-refractivity contribution in [2.45, 2.75) is 39.3 Å². The van der Waals surface area contributed by atoms with Gasteiger partial charge in [0, 0.05) is 0 Å². The van der Waals surface area contributed by atoms with Crippen LogP contribution in [0.25, 0.3) is 0 Å². The van der Waals surface area contributed by atoms with Gasteiger partial charge in [-0.05, 0) is 39.3 Å². The van der Waals surface area contributed by atoms with Gasteiger partial charge in [0.2, 0.25) is 0 Å². The van der Waals surface area contributed by atoms with Crippen LogP contribution in [0.15, 0.2) is 12.3 Å². The van der Waals surface area contributed by atoms with Crippen molar-refractivity contribution in [3.8, 4) is 0 Å². The Labute approximate surface area is 103 Å². The minimum Gasteiger partial charge on any atom is -0.416 e. The second-order valence-corrected chi connectivity index (χ2v) is 18.4. The van der Waals surface area contributed by atoms with Gasteiger partial charge in [-0.3, -0.25) is 0 Å². The summed E-state index contributed by atoms with van der Waals surface area (Å²) in [6.45, 7) is 16.0. The molecule has 0 radical (unpaired) electrons. The zero-order valence-corrected chi connectivity index (χ0v) is 15.1. The predicted molar refractivity (Wildman–Crippen MR) is 74.1 cm³/mol. The van der Waals surface area contributed by atoms with E-state index in [9.17, 15) is 0 Å². The summed E-state index contributed by atoms with van der Waals surface area (Å²) in [5.41, 5.74) is 1.80. The quantitative estimate of drug-likeness (QED) is 0.694. The van der Waals surface area contributed by atoms with Gasteiger partial charge in [0.15, 0.2) is 0 Å². The van der Waals surface area contributed by atoms with Gasteiger partial charge >= 0.3 is 35.0 Å². The molecule has 0 bridgehead atoms. The van der Waals surface area contributed by atoms with Gasteiger partial charge in [-0.2, -0.15) is 0 Å². The Balaban J connectivity index is 2.92. The van der Waals surface area contributed by atoms with Crippen LogP contribution in [0.4, 0.5) is 0 Å². The Morgan fingerprint density at radius 1 is 0.812 bits per heavy atom. The smallest absolute Gasteiger partial charge is 0.330 e. The molecule has 0 N–H and O–H groups in total. The second-order valence-electron chi connectivity index (χ2n) is 5.24.